The Morgan fingerprint density at radius 1 is 1.21 bits per heavy atom. The number of nitrogens with one attached hydrogen (secondary N) is 1. The van der Waals surface area contributed by atoms with Crippen LogP contribution in [0.2, 0.25) is 0 Å². The molecule has 104 valence electrons. The molecule has 0 aliphatic carbocycles. The fourth-order valence-electron chi connectivity index (χ4n) is 3.28. The van der Waals surface area contributed by atoms with Crippen molar-refractivity contribution in [3.63, 3.8) is 0 Å². The van der Waals surface area contributed by atoms with Crippen LogP contribution in [-0.4, -0.2) is 44.2 Å². The first-order chi connectivity index (χ1) is 9.22. The smallest absolute Gasteiger partial charge is 0.122 e. The quantitative estimate of drug-likeness (QED) is 0.894. The molecule has 0 amide bonds. The minimum absolute atomic E-state index is 0.803. The van der Waals surface area contributed by atoms with Gasteiger partial charge in [-0.05, 0) is 56.0 Å². The van der Waals surface area contributed by atoms with Crippen LogP contribution in [0, 0.1) is 25.7 Å². The molecule has 2 heterocycles. The van der Waals surface area contributed by atoms with Crippen LogP contribution in [0.25, 0.3) is 0 Å². The molecule has 2 aliphatic heterocycles. The minimum atomic E-state index is 0.803. The van der Waals surface area contributed by atoms with Crippen LogP contribution in [0.5, 0.6) is 5.75 Å². The summed E-state index contributed by atoms with van der Waals surface area (Å²) < 4.78 is 5.94. The lowest BCUT2D eigenvalue weighted by Crippen LogP contribution is -2.29. The van der Waals surface area contributed by atoms with Gasteiger partial charge in [0.15, 0.2) is 0 Å². The van der Waals surface area contributed by atoms with E-state index in [1.165, 1.54) is 37.3 Å². The van der Waals surface area contributed by atoms with Crippen LogP contribution < -0.4 is 10.1 Å². The molecule has 0 aromatic heterocycles. The van der Waals surface area contributed by atoms with Crippen molar-refractivity contribution in [3.8, 4) is 5.75 Å². The van der Waals surface area contributed by atoms with Gasteiger partial charge in [0, 0.05) is 19.6 Å². The molecule has 0 spiro atoms. The number of hydrogen-bond acceptors (Lipinski definition) is 3. The van der Waals surface area contributed by atoms with E-state index in [0.717, 1.165) is 30.7 Å². The van der Waals surface area contributed by atoms with E-state index in [1.807, 2.05) is 0 Å². The van der Waals surface area contributed by atoms with Crippen molar-refractivity contribution >= 4 is 0 Å². The van der Waals surface area contributed by atoms with Gasteiger partial charge >= 0.3 is 0 Å². The SMILES string of the molecule is Cc1ccc(C)c(OCCN2C[C@H]3CNC[C@H]3C2)c1. The Balaban J connectivity index is 1.47. The summed E-state index contributed by atoms with van der Waals surface area (Å²) in [7, 11) is 0. The lowest BCUT2D eigenvalue weighted by Gasteiger charge is -2.18. The van der Waals surface area contributed by atoms with Crippen LogP contribution in [0.4, 0.5) is 0 Å². The van der Waals surface area contributed by atoms with Gasteiger partial charge in [-0.3, -0.25) is 4.90 Å². The molecule has 3 nitrogen and oxygen atoms in total. The zero-order valence-electron chi connectivity index (χ0n) is 12.0. The molecule has 2 fully saturated rings. The average molecular weight is 260 g/mol. The van der Waals surface area contributed by atoms with Gasteiger partial charge in [-0.2, -0.15) is 0 Å². The van der Waals surface area contributed by atoms with E-state index in [1.54, 1.807) is 0 Å². The summed E-state index contributed by atoms with van der Waals surface area (Å²) in [6.45, 7) is 11.0. The van der Waals surface area contributed by atoms with E-state index in [2.05, 4.69) is 42.3 Å². The minimum Gasteiger partial charge on any atom is -0.492 e. The Morgan fingerprint density at radius 3 is 2.68 bits per heavy atom. The molecule has 19 heavy (non-hydrogen) atoms. The van der Waals surface area contributed by atoms with Crippen molar-refractivity contribution in [2.75, 3.05) is 39.3 Å². The maximum Gasteiger partial charge on any atom is 0.122 e. The summed E-state index contributed by atoms with van der Waals surface area (Å²) in [4.78, 5) is 2.56. The van der Waals surface area contributed by atoms with E-state index in [0.29, 0.717) is 0 Å². The summed E-state index contributed by atoms with van der Waals surface area (Å²) >= 11 is 0. The summed E-state index contributed by atoms with van der Waals surface area (Å²) in [5.74, 6) is 2.79. The summed E-state index contributed by atoms with van der Waals surface area (Å²) in [5.41, 5.74) is 2.50. The van der Waals surface area contributed by atoms with E-state index in [-0.39, 0.29) is 0 Å². The van der Waals surface area contributed by atoms with E-state index in [9.17, 15) is 0 Å². The fourth-order valence-corrected chi connectivity index (χ4v) is 3.28. The highest BCUT2D eigenvalue weighted by atomic mass is 16.5. The molecule has 0 unspecified atom stereocenters. The van der Waals surface area contributed by atoms with Gasteiger partial charge in [-0.1, -0.05) is 12.1 Å². The second-order valence-corrected chi connectivity index (χ2v) is 6.06. The monoisotopic (exact) mass is 260 g/mol. The predicted octanol–water partition coefficient (Wildman–Crippen LogP) is 1.83. The number of hydrogen-bond donors (Lipinski definition) is 1. The van der Waals surface area contributed by atoms with Crippen molar-refractivity contribution in [2.45, 2.75) is 13.8 Å². The zero-order chi connectivity index (χ0) is 13.2. The third-order valence-corrected chi connectivity index (χ3v) is 4.47. The molecule has 1 aromatic carbocycles. The predicted molar refractivity (Wildman–Crippen MR) is 77.7 cm³/mol. The molecule has 0 bridgehead atoms. The van der Waals surface area contributed by atoms with Crippen LogP contribution in [0.1, 0.15) is 11.1 Å². The van der Waals surface area contributed by atoms with Crippen molar-refractivity contribution in [2.24, 2.45) is 11.8 Å². The van der Waals surface area contributed by atoms with E-state index in [4.69, 9.17) is 4.74 Å². The number of benzene rings is 1. The van der Waals surface area contributed by atoms with Gasteiger partial charge in [0.05, 0.1) is 0 Å². The van der Waals surface area contributed by atoms with Crippen molar-refractivity contribution in [3.05, 3.63) is 29.3 Å². The molecular weight excluding hydrogens is 236 g/mol. The molecule has 1 aromatic rings. The van der Waals surface area contributed by atoms with Crippen molar-refractivity contribution < 1.29 is 4.74 Å². The zero-order valence-corrected chi connectivity index (χ0v) is 12.0. The lowest BCUT2D eigenvalue weighted by atomic mass is 10.0. The maximum absolute atomic E-state index is 5.94. The summed E-state index contributed by atoms with van der Waals surface area (Å²) in [6.07, 6.45) is 0. The van der Waals surface area contributed by atoms with Gasteiger partial charge in [0.1, 0.15) is 12.4 Å². The highest BCUT2D eigenvalue weighted by molar-refractivity contribution is 5.35. The fraction of sp³-hybridized carbons (Fsp3) is 0.625. The first-order valence-electron chi connectivity index (χ1n) is 7.35. The first kappa shape index (κ1) is 12.9. The second-order valence-electron chi connectivity index (χ2n) is 6.06. The highest BCUT2D eigenvalue weighted by Gasteiger charge is 2.35. The standard InChI is InChI=1S/C16H24N2O/c1-12-3-4-13(2)16(7-12)19-6-5-18-10-14-8-17-9-15(14)11-18/h3-4,7,14-15,17H,5-6,8-11H2,1-2H3/t14-,15+. The Labute approximate surface area is 115 Å². The van der Waals surface area contributed by atoms with Gasteiger partial charge in [-0.25, -0.2) is 0 Å². The number of aryl methyl sites for hydroxylation is 2. The van der Waals surface area contributed by atoms with Crippen LogP contribution >= 0.6 is 0 Å². The van der Waals surface area contributed by atoms with Crippen molar-refractivity contribution in [1.82, 2.24) is 10.2 Å². The Hall–Kier alpha value is -1.06. The number of rotatable bonds is 4. The van der Waals surface area contributed by atoms with Crippen LogP contribution in [0.15, 0.2) is 18.2 Å². The molecule has 3 rings (SSSR count). The lowest BCUT2D eigenvalue weighted by molar-refractivity contribution is 0.227. The van der Waals surface area contributed by atoms with Crippen molar-refractivity contribution in [1.29, 1.82) is 0 Å². The van der Waals surface area contributed by atoms with Gasteiger partial charge in [0.25, 0.3) is 0 Å². The highest BCUT2D eigenvalue weighted by Crippen LogP contribution is 2.26. The van der Waals surface area contributed by atoms with Gasteiger partial charge in [-0.15, -0.1) is 0 Å². The van der Waals surface area contributed by atoms with Crippen LogP contribution in [-0.2, 0) is 0 Å². The van der Waals surface area contributed by atoms with E-state index < -0.39 is 0 Å². The topological polar surface area (TPSA) is 24.5 Å². The molecule has 2 aliphatic rings. The second kappa shape index (κ2) is 5.51. The Bertz CT molecular complexity index is 434. The van der Waals surface area contributed by atoms with Crippen LogP contribution in [0.3, 0.4) is 0 Å². The number of ether oxygens (including phenoxy) is 1. The molecular formula is C16H24N2O. The summed E-state index contributed by atoms with van der Waals surface area (Å²) in [5, 5.41) is 3.48. The molecule has 2 saturated heterocycles. The number of nitrogens with zero attached hydrogens (tertiary/aromatic N) is 1. The first-order valence-corrected chi connectivity index (χ1v) is 7.35. The van der Waals surface area contributed by atoms with Gasteiger partial charge in [0.2, 0.25) is 0 Å². The third-order valence-electron chi connectivity index (χ3n) is 4.47. The number of fused-ring (bicyclic) bond motifs is 1. The Morgan fingerprint density at radius 2 is 1.95 bits per heavy atom. The molecule has 0 saturated carbocycles. The Kier molecular flexibility index (Phi) is 3.76. The molecule has 1 N–H and O–H groups in total. The molecule has 2 atom stereocenters. The average Bonchev–Trinajstić information content (AvgIpc) is 2.94. The largest absolute Gasteiger partial charge is 0.492 e. The normalized spacial score (nSPS) is 26.6. The summed E-state index contributed by atoms with van der Waals surface area (Å²) in [6, 6.07) is 6.41. The maximum atomic E-state index is 5.94. The number of likely N-dealkylation sites (tertiary alicyclic amines) is 1. The van der Waals surface area contributed by atoms with E-state index >= 15 is 0 Å². The molecule has 0 radical (unpaired) electrons. The molecule has 3 heteroatoms. The van der Waals surface area contributed by atoms with Gasteiger partial charge < -0.3 is 10.1 Å². The third kappa shape index (κ3) is 2.93.